The van der Waals surface area contributed by atoms with Gasteiger partial charge in [-0.1, -0.05) is 25.1 Å². The summed E-state index contributed by atoms with van der Waals surface area (Å²) in [5, 5.41) is 7.53. The first-order valence-corrected chi connectivity index (χ1v) is 11.0. The van der Waals surface area contributed by atoms with E-state index < -0.39 is 0 Å². The number of aryl methyl sites for hydroxylation is 2. The van der Waals surface area contributed by atoms with E-state index in [1.54, 1.807) is 29.9 Å². The van der Waals surface area contributed by atoms with Gasteiger partial charge in [-0.2, -0.15) is 0 Å². The molecular formula is C25H24N4OS. The number of aromatic nitrogens is 2. The molecule has 1 amide bonds. The lowest BCUT2D eigenvalue weighted by Crippen LogP contribution is -2.17. The summed E-state index contributed by atoms with van der Waals surface area (Å²) in [5.74, 6) is 0.667. The number of pyridine rings is 2. The Balaban J connectivity index is 1.73. The Bertz CT molecular complexity index is 1160. The normalized spacial score (nSPS) is 11.7. The maximum Gasteiger partial charge on any atom is 0.256 e. The largest absolute Gasteiger partial charge is 0.359 e. The monoisotopic (exact) mass is 428 g/mol. The molecule has 0 bridgehead atoms. The minimum Gasteiger partial charge on any atom is -0.359 e. The zero-order valence-corrected chi connectivity index (χ0v) is 18.3. The van der Waals surface area contributed by atoms with E-state index >= 15 is 0 Å². The first-order chi connectivity index (χ1) is 15.1. The predicted octanol–water partition coefficient (Wildman–Crippen LogP) is 5.86. The van der Waals surface area contributed by atoms with Crippen LogP contribution in [0.4, 0.5) is 10.8 Å². The van der Waals surface area contributed by atoms with Gasteiger partial charge in [0.1, 0.15) is 10.8 Å². The number of nitrogens with one attached hydrogen (secondary N) is 2. The van der Waals surface area contributed by atoms with Crippen LogP contribution in [0.3, 0.4) is 0 Å². The van der Waals surface area contributed by atoms with Gasteiger partial charge in [-0.05, 0) is 66.9 Å². The molecule has 0 radical (unpaired) electrons. The molecule has 6 heteroatoms. The molecule has 3 heterocycles. The van der Waals surface area contributed by atoms with Crippen LogP contribution >= 0.6 is 11.3 Å². The van der Waals surface area contributed by atoms with Gasteiger partial charge in [-0.25, -0.2) is 4.98 Å². The molecule has 0 spiro atoms. The molecule has 0 unspecified atom stereocenters. The van der Waals surface area contributed by atoms with Gasteiger partial charge in [0.15, 0.2) is 0 Å². The Morgan fingerprint density at radius 2 is 1.81 bits per heavy atom. The number of rotatable bonds is 7. The summed E-state index contributed by atoms with van der Waals surface area (Å²) in [5.41, 5.74) is 3.83. The fourth-order valence-corrected chi connectivity index (χ4v) is 4.40. The van der Waals surface area contributed by atoms with Crippen molar-refractivity contribution in [1.29, 1.82) is 0 Å². The summed E-state index contributed by atoms with van der Waals surface area (Å²) in [4.78, 5) is 22.7. The van der Waals surface area contributed by atoms with Crippen molar-refractivity contribution in [2.75, 3.05) is 10.6 Å². The van der Waals surface area contributed by atoms with Crippen LogP contribution in [-0.2, 0) is 6.42 Å². The predicted molar refractivity (Wildman–Crippen MR) is 127 cm³/mol. The van der Waals surface area contributed by atoms with Crippen LogP contribution in [0.2, 0.25) is 0 Å². The molecule has 4 rings (SSSR count). The Hall–Kier alpha value is -3.51. The third-order valence-electron chi connectivity index (χ3n) is 4.98. The second kappa shape index (κ2) is 9.53. The number of thiophene rings is 1. The molecule has 1 aromatic carbocycles. The van der Waals surface area contributed by atoms with E-state index in [9.17, 15) is 4.79 Å². The summed E-state index contributed by atoms with van der Waals surface area (Å²) in [7, 11) is 0. The summed E-state index contributed by atoms with van der Waals surface area (Å²) < 4.78 is 0. The van der Waals surface area contributed by atoms with E-state index in [1.165, 1.54) is 4.88 Å². The first kappa shape index (κ1) is 20.8. The Kier molecular flexibility index (Phi) is 6.38. The molecule has 3 aromatic heterocycles. The van der Waals surface area contributed by atoms with Crippen molar-refractivity contribution < 1.29 is 4.79 Å². The maximum atomic E-state index is 12.9. The SMILES string of the molecule is CCc1cc([C@H](Nc2cc(C)ccn2)c2ccncc2)c(NC(=O)c2ccccc2)s1. The minimum absolute atomic E-state index is 0.117. The standard InChI is InChI=1S/C25H24N4OS/c1-3-20-16-21(25(31-20)29-24(30)19-7-5-4-6-8-19)23(18-10-12-26-13-11-18)28-22-15-17(2)9-14-27-22/h4-16,23H,3H2,1-2H3,(H,27,28)(H,29,30)/t23-/m1/s1. The average molecular weight is 429 g/mol. The van der Waals surface area contributed by atoms with Gasteiger partial charge in [-0.3, -0.25) is 9.78 Å². The second-order valence-electron chi connectivity index (χ2n) is 7.25. The highest BCUT2D eigenvalue weighted by Crippen LogP contribution is 2.38. The quantitative estimate of drug-likeness (QED) is 0.387. The molecular weight excluding hydrogens is 404 g/mol. The third kappa shape index (κ3) is 4.98. The van der Waals surface area contributed by atoms with Gasteiger partial charge in [-0.15, -0.1) is 11.3 Å². The van der Waals surface area contributed by atoms with Crippen molar-refractivity contribution in [3.05, 3.63) is 106 Å². The van der Waals surface area contributed by atoms with Gasteiger partial charge in [0.25, 0.3) is 5.91 Å². The molecule has 1 atom stereocenters. The zero-order chi connectivity index (χ0) is 21.6. The smallest absolute Gasteiger partial charge is 0.256 e. The minimum atomic E-state index is -0.181. The number of nitrogens with zero attached hydrogens (tertiary/aromatic N) is 2. The van der Waals surface area contributed by atoms with Gasteiger partial charge >= 0.3 is 0 Å². The van der Waals surface area contributed by atoms with Gasteiger partial charge in [0, 0.05) is 34.6 Å². The van der Waals surface area contributed by atoms with E-state index in [0.29, 0.717) is 5.56 Å². The number of anilines is 2. The fraction of sp³-hybridized carbons (Fsp3) is 0.160. The number of benzene rings is 1. The Morgan fingerprint density at radius 1 is 1.03 bits per heavy atom. The third-order valence-corrected chi connectivity index (χ3v) is 6.19. The van der Waals surface area contributed by atoms with Crippen LogP contribution in [-0.4, -0.2) is 15.9 Å². The van der Waals surface area contributed by atoms with E-state index in [4.69, 9.17) is 0 Å². The van der Waals surface area contributed by atoms with Crippen molar-refractivity contribution in [2.24, 2.45) is 0 Å². The van der Waals surface area contributed by atoms with Crippen molar-refractivity contribution in [3.63, 3.8) is 0 Å². The lowest BCUT2D eigenvalue weighted by Gasteiger charge is -2.21. The maximum absolute atomic E-state index is 12.9. The molecule has 5 nitrogen and oxygen atoms in total. The molecule has 156 valence electrons. The highest BCUT2D eigenvalue weighted by atomic mass is 32.1. The van der Waals surface area contributed by atoms with E-state index in [2.05, 4.69) is 33.6 Å². The lowest BCUT2D eigenvalue weighted by molar-refractivity contribution is 0.102. The lowest BCUT2D eigenvalue weighted by atomic mass is 10.0. The molecule has 0 saturated carbocycles. The Morgan fingerprint density at radius 3 is 2.52 bits per heavy atom. The van der Waals surface area contributed by atoms with Crippen LogP contribution < -0.4 is 10.6 Å². The van der Waals surface area contributed by atoms with Gasteiger partial charge in [0.05, 0.1) is 6.04 Å². The van der Waals surface area contributed by atoms with Crippen LogP contribution in [0.15, 0.2) is 79.3 Å². The van der Waals surface area contributed by atoms with Crippen LogP contribution in [0.1, 0.15) is 44.9 Å². The van der Waals surface area contributed by atoms with Crippen molar-refractivity contribution >= 4 is 28.1 Å². The van der Waals surface area contributed by atoms with Gasteiger partial charge < -0.3 is 10.6 Å². The topological polar surface area (TPSA) is 66.9 Å². The molecule has 0 aliphatic heterocycles. The summed E-state index contributed by atoms with van der Waals surface area (Å²) in [6.07, 6.45) is 6.25. The van der Waals surface area contributed by atoms with Gasteiger partial charge in [0.2, 0.25) is 0 Å². The summed E-state index contributed by atoms with van der Waals surface area (Å²) in [6.45, 7) is 4.16. The number of carbonyl (C=O) groups excluding carboxylic acids is 1. The van der Waals surface area contributed by atoms with Crippen molar-refractivity contribution in [1.82, 2.24) is 9.97 Å². The van der Waals surface area contributed by atoms with Crippen LogP contribution in [0.5, 0.6) is 0 Å². The fourth-order valence-electron chi connectivity index (χ4n) is 3.37. The molecule has 4 aromatic rings. The van der Waals surface area contributed by atoms with E-state index in [-0.39, 0.29) is 11.9 Å². The number of hydrogen-bond donors (Lipinski definition) is 2. The summed E-state index contributed by atoms with van der Waals surface area (Å²) >= 11 is 1.61. The zero-order valence-electron chi connectivity index (χ0n) is 17.5. The molecule has 2 N–H and O–H groups in total. The van der Waals surface area contributed by atoms with E-state index in [0.717, 1.165) is 33.9 Å². The highest BCUT2D eigenvalue weighted by Gasteiger charge is 2.22. The summed E-state index contributed by atoms with van der Waals surface area (Å²) in [6, 6.07) is 19.2. The highest BCUT2D eigenvalue weighted by molar-refractivity contribution is 7.16. The molecule has 0 fully saturated rings. The number of amides is 1. The molecule has 0 aliphatic carbocycles. The van der Waals surface area contributed by atoms with E-state index in [1.807, 2.05) is 61.5 Å². The van der Waals surface area contributed by atoms with Crippen molar-refractivity contribution in [2.45, 2.75) is 26.3 Å². The second-order valence-corrected chi connectivity index (χ2v) is 8.38. The number of hydrogen-bond acceptors (Lipinski definition) is 5. The molecule has 0 aliphatic rings. The van der Waals surface area contributed by atoms with Crippen LogP contribution in [0.25, 0.3) is 0 Å². The molecule has 31 heavy (non-hydrogen) atoms. The molecule has 0 saturated heterocycles. The first-order valence-electron chi connectivity index (χ1n) is 10.2. The number of carbonyl (C=O) groups is 1. The average Bonchev–Trinajstić information content (AvgIpc) is 3.21. The van der Waals surface area contributed by atoms with Crippen molar-refractivity contribution in [3.8, 4) is 0 Å². The van der Waals surface area contributed by atoms with Crippen LogP contribution in [0, 0.1) is 6.92 Å². The Labute approximate surface area is 186 Å².